The van der Waals surface area contributed by atoms with Crippen LogP contribution in [0.15, 0.2) is 11.4 Å². The van der Waals surface area contributed by atoms with Crippen molar-refractivity contribution in [2.45, 2.75) is 57.7 Å². The third-order valence-electron chi connectivity index (χ3n) is 4.28. The molecule has 3 atom stereocenters. The van der Waals surface area contributed by atoms with E-state index in [1.165, 1.54) is 10.4 Å². The van der Waals surface area contributed by atoms with Crippen LogP contribution in [0.1, 0.15) is 49.1 Å². The average molecular weight is 295 g/mol. The van der Waals surface area contributed by atoms with Crippen LogP contribution in [0.3, 0.4) is 0 Å². The van der Waals surface area contributed by atoms with Crippen molar-refractivity contribution in [3.63, 3.8) is 0 Å². The summed E-state index contributed by atoms with van der Waals surface area (Å²) >= 11 is 1.73. The van der Waals surface area contributed by atoms with Gasteiger partial charge in [-0.25, -0.2) is 0 Å². The van der Waals surface area contributed by atoms with Gasteiger partial charge >= 0.3 is 0 Å². The number of carbonyl (C=O) groups excluding carboxylic acids is 1. The first kappa shape index (κ1) is 15.5. The summed E-state index contributed by atoms with van der Waals surface area (Å²) in [5.74, 6) is -0.216. The number of piperidine rings is 1. The highest BCUT2D eigenvalue weighted by molar-refractivity contribution is 7.10. The molecule has 1 aromatic heterocycles. The molecule has 1 aliphatic rings. The molecule has 1 aromatic rings. The van der Waals surface area contributed by atoms with Crippen LogP contribution in [0, 0.1) is 6.92 Å². The molecule has 0 aliphatic carbocycles. The first-order valence-corrected chi connectivity index (χ1v) is 8.28. The predicted octanol–water partition coefficient (Wildman–Crippen LogP) is 2.17. The lowest BCUT2D eigenvalue weighted by molar-refractivity contribution is -0.125. The number of nitrogens with two attached hydrogens (primary N) is 2. The largest absolute Gasteiger partial charge is 0.368 e. The van der Waals surface area contributed by atoms with Crippen LogP contribution in [0.4, 0.5) is 0 Å². The molecule has 5 heteroatoms. The Kier molecular flexibility index (Phi) is 5.18. The smallest absolute Gasteiger partial charge is 0.234 e. The number of nitrogens with zero attached hydrogens (tertiary/aromatic N) is 1. The fourth-order valence-corrected chi connectivity index (χ4v) is 4.22. The minimum Gasteiger partial charge on any atom is -0.368 e. The van der Waals surface area contributed by atoms with Crippen molar-refractivity contribution < 1.29 is 4.79 Å². The van der Waals surface area contributed by atoms with E-state index in [-0.39, 0.29) is 24.0 Å². The summed E-state index contributed by atoms with van der Waals surface area (Å²) in [4.78, 5) is 15.3. The zero-order valence-electron chi connectivity index (χ0n) is 12.3. The predicted molar refractivity (Wildman–Crippen MR) is 83.6 cm³/mol. The van der Waals surface area contributed by atoms with E-state index in [4.69, 9.17) is 11.5 Å². The Balaban J connectivity index is 2.34. The Labute approximate surface area is 125 Å². The molecule has 1 saturated heterocycles. The number of hydrogen-bond acceptors (Lipinski definition) is 4. The molecule has 4 N–H and O–H groups in total. The summed E-state index contributed by atoms with van der Waals surface area (Å²) in [6.07, 6.45) is 3.93. The fourth-order valence-electron chi connectivity index (χ4n) is 3.09. The van der Waals surface area contributed by atoms with Crippen LogP contribution in [-0.2, 0) is 4.79 Å². The molecular weight excluding hydrogens is 270 g/mol. The summed E-state index contributed by atoms with van der Waals surface area (Å²) in [6, 6.07) is 2.09. The summed E-state index contributed by atoms with van der Waals surface area (Å²) in [6.45, 7) is 5.12. The van der Waals surface area contributed by atoms with E-state index >= 15 is 0 Å². The van der Waals surface area contributed by atoms with Crippen LogP contribution in [0.25, 0.3) is 0 Å². The normalized spacial score (nSPS) is 23.4. The third kappa shape index (κ3) is 3.05. The van der Waals surface area contributed by atoms with Gasteiger partial charge in [0.05, 0.1) is 12.1 Å². The van der Waals surface area contributed by atoms with Crippen molar-refractivity contribution in [2.75, 3.05) is 6.54 Å². The van der Waals surface area contributed by atoms with E-state index < -0.39 is 0 Å². The molecular formula is C15H25N3OS. The van der Waals surface area contributed by atoms with Crippen LogP contribution >= 0.6 is 11.3 Å². The van der Waals surface area contributed by atoms with Crippen molar-refractivity contribution in [3.8, 4) is 0 Å². The van der Waals surface area contributed by atoms with Crippen LogP contribution in [0.5, 0.6) is 0 Å². The number of amides is 1. The van der Waals surface area contributed by atoms with Gasteiger partial charge in [-0.3, -0.25) is 9.69 Å². The zero-order chi connectivity index (χ0) is 14.7. The molecule has 2 heterocycles. The van der Waals surface area contributed by atoms with E-state index in [1.807, 2.05) is 0 Å². The Morgan fingerprint density at radius 1 is 1.55 bits per heavy atom. The minimum absolute atomic E-state index is 0.0345. The lowest BCUT2D eigenvalue weighted by atomic mass is 9.93. The number of rotatable bonds is 5. The number of likely N-dealkylation sites (tertiary alicyclic amines) is 1. The maximum atomic E-state index is 11.8. The minimum atomic E-state index is -0.216. The van der Waals surface area contributed by atoms with Gasteiger partial charge in [0.25, 0.3) is 0 Å². The van der Waals surface area contributed by atoms with Gasteiger partial charge in [-0.15, -0.1) is 11.3 Å². The van der Waals surface area contributed by atoms with Gasteiger partial charge in [0.2, 0.25) is 5.91 Å². The summed E-state index contributed by atoms with van der Waals surface area (Å²) in [5.41, 5.74) is 13.3. The summed E-state index contributed by atoms with van der Waals surface area (Å²) in [5, 5.41) is 2.10. The Morgan fingerprint density at radius 2 is 2.30 bits per heavy atom. The van der Waals surface area contributed by atoms with Gasteiger partial charge in [-0.2, -0.15) is 0 Å². The quantitative estimate of drug-likeness (QED) is 0.874. The first-order chi connectivity index (χ1) is 9.56. The highest BCUT2D eigenvalue weighted by atomic mass is 32.1. The second-order valence-electron chi connectivity index (χ2n) is 5.64. The Morgan fingerprint density at radius 3 is 2.85 bits per heavy atom. The van der Waals surface area contributed by atoms with E-state index in [0.29, 0.717) is 0 Å². The van der Waals surface area contributed by atoms with E-state index in [1.54, 1.807) is 11.3 Å². The van der Waals surface area contributed by atoms with E-state index in [2.05, 4.69) is 30.2 Å². The van der Waals surface area contributed by atoms with Crippen LogP contribution in [-0.4, -0.2) is 29.4 Å². The van der Waals surface area contributed by atoms with Gasteiger partial charge in [0.15, 0.2) is 0 Å². The molecule has 0 spiro atoms. The average Bonchev–Trinajstić information content (AvgIpc) is 2.85. The second-order valence-corrected chi connectivity index (χ2v) is 6.58. The molecule has 1 amide bonds. The van der Waals surface area contributed by atoms with E-state index in [9.17, 15) is 4.79 Å². The lowest BCUT2D eigenvalue weighted by Gasteiger charge is -2.42. The zero-order valence-corrected chi connectivity index (χ0v) is 13.2. The topological polar surface area (TPSA) is 72.3 Å². The van der Waals surface area contributed by atoms with Crippen molar-refractivity contribution in [1.82, 2.24) is 4.90 Å². The first-order valence-electron chi connectivity index (χ1n) is 7.40. The van der Waals surface area contributed by atoms with Crippen LogP contribution < -0.4 is 11.5 Å². The molecule has 112 valence electrons. The number of aryl methyl sites for hydroxylation is 1. The molecule has 20 heavy (non-hydrogen) atoms. The molecule has 0 radical (unpaired) electrons. The molecule has 1 fully saturated rings. The van der Waals surface area contributed by atoms with Gasteiger partial charge in [-0.1, -0.05) is 13.3 Å². The molecule has 0 aromatic carbocycles. The van der Waals surface area contributed by atoms with Gasteiger partial charge in [0.1, 0.15) is 0 Å². The standard InChI is InChI=1S/C15H25N3OS/c1-3-11(16)13(14-10(2)7-9-20-14)18-8-5-4-6-12(18)15(17)19/h7,9,11-13H,3-6,8,16H2,1-2H3,(H2,17,19). The van der Waals surface area contributed by atoms with Crippen molar-refractivity contribution in [3.05, 3.63) is 21.9 Å². The van der Waals surface area contributed by atoms with E-state index in [0.717, 1.165) is 32.2 Å². The second kappa shape index (κ2) is 6.70. The Bertz CT molecular complexity index is 460. The maximum Gasteiger partial charge on any atom is 0.234 e. The van der Waals surface area contributed by atoms with Crippen molar-refractivity contribution in [1.29, 1.82) is 0 Å². The lowest BCUT2D eigenvalue weighted by Crippen LogP contribution is -2.53. The van der Waals surface area contributed by atoms with Crippen molar-refractivity contribution in [2.24, 2.45) is 11.5 Å². The summed E-state index contributed by atoms with van der Waals surface area (Å²) in [7, 11) is 0. The monoisotopic (exact) mass is 295 g/mol. The number of carbonyl (C=O) groups is 1. The number of primary amides is 1. The van der Waals surface area contributed by atoms with Gasteiger partial charge in [0, 0.05) is 10.9 Å². The summed E-state index contributed by atoms with van der Waals surface area (Å²) < 4.78 is 0. The van der Waals surface area contributed by atoms with Gasteiger partial charge in [-0.05, 0) is 49.7 Å². The third-order valence-corrected chi connectivity index (χ3v) is 5.37. The van der Waals surface area contributed by atoms with Gasteiger partial charge < -0.3 is 11.5 Å². The molecule has 1 aliphatic heterocycles. The highest BCUT2D eigenvalue weighted by Gasteiger charge is 2.36. The molecule has 0 saturated carbocycles. The van der Waals surface area contributed by atoms with Crippen LogP contribution in [0.2, 0.25) is 0 Å². The number of hydrogen-bond donors (Lipinski definition) is 2. The SMILES string of the molecule is CCC(N)C(c1sccc1C)N1CCCCC1C(N)=O. The maximum absolute atomic E-state index is 11.8. The number of thiophene rings is 1. The highest BCUT2D eigenvalue weighted by Crippen LogP contribution is 2.35. The Hall–Kier alpha value is -0.910. The molecule has 0 bridgehead atoms. The van der Waals surface area contributed by atoms with Crippen molar-refractivity contribution >= 4 is 17.2 Å². The molecule has 4 nitrogen and oxygen atoms in total. The fraction of sp³-hybridized carbons (Fsp3) is 0.667. The molecule has 3 unspecified atom stereocenters. The molecule has 2 rings (SSSR count).